The summed E-state index contributed by atoms with van der Waals surface area (Å²) in [4.78, 5) is 26.5. The fourth-order valence-electron chi connectivity index (χ4n) is 3.52. The molecule has 0 unspecified atom stereocenters. The van der Waals surface area contributed by atoms with Crippen LogP contribution in [-0.4, -0.2) is 30.2 Å². The number of thiophene rings is 1. The van der Waals surface area contributed by atoms with E-state index in [9.17, 15) is 18.0 Å². The van der Waals surface area contributed by atoms with Crippen LogP contribution in [-0.2, 0) is 23.5 Å². The normalized spacial score (nSPS) is 11.4. The van der Waals surface area contributed by atoms with Crippen molar-refractivity contribution >= 4 is 33.0 Å². The zero-order chi connectivity index (χ0) is 24.3. The molecule has 0 aliphatic carbocycles. The molecule has 0 saturated carbocycles. The van der Waals surface area contributed by atoms with Crippen LogP contribution in [0.2, 0.25) is 0 Å². The van der Waals surface area contributed by atoms with Crippen LogP contribution in [0.4, 0.5) is 5.69 Å². The predicted octanol–water partition coefficient (Wildman–Crippen LogP) is 3.32. The highest BCUT2D eigenvalue weighted by Crippen LogP contribution is 2.19. The molecule has 0 fully saturated rings. The van der Waals surface area contributed by atoms with Crippen molar-refractivity contribution < 1.29 is 13.2 Å². The molecular weight excluding hydrogens is 472 g/mol. The number of sulfonamides is 1. The predicted molar refractivity (Wildman–Crippen MR) is 133 cm³/mol. The molecule has 176 valence electrons. The lowest BCUT2D eigenvalue weighted by Gasteiger charge is -2.08. The minimum absolute atomic E-state index is 0.0262. The molecule has 2 aromatic carbocycles. The van der Waals surface area contributed by atoms with E-state index in [0.29, 0.717) is 23.5 Å². The van der Waals surface area contributed by atoms with Crippen molar-refractivity contribution in [2.45, 2.75) is 18.2 Å². The van der Waals surface area contributed by atoms with Gasteiger partial charge in [0.15, 0.2) is 0 Å². The number of carbonyl (C=O) groups excluding carboxylic acids is 1. The van der Waals surface area contributed by atoms with E-state index in [1.165, 1.54) is 33.8 Å². The molecule has 2 aromatic heterocycles. The summed E-state index contributed by atoms with van der Waals surface area (Å²) in [6.45, 7) is 2.16. The summed E-state index contributed by atoms with van der Waals surface area (Å²) in [5.41, 5.74) is 0.947. The molecule has 10 heteroatoms. The zero-order valence-corrected chi connectivity index (χ0v) is 20.3. The Morgan fingerprint density at radius 3 is 2.35 bits per heavy atom. The zero-order valence-electron chi connectivity index (χ0n) is 18.7. The lowest BCUT2D eigenvalue weighted by atomic mass is 10.2. The van der Waals surface area contributed by atoms with Crippen molar-refractivity contribution in [3.05, 3.63) is 98.6 Å². The second-order valence-corrected chi connectivity index (χ2v) is 10.4. The van der Waals surface area contributed by atoms with Gasteiger partial charge in [-0.1, -0.05) is 24.3 Å². The van der Waals surface area contributed by atoms with Crippen LogP contribution >= 0.6 is 11.3 Å². The molecule has 0 radical (unpaired) electrons. The Kier molecular flexibility index (Phi) is 6.71. The number of para-hydroxylation sites is 1. The van der Waals surface area contributed by atoms with Gasteiger partial charge >= 0.3 is 0 Å². The first-order valence-electron chi connectivity index (χ1n) is 10.6. The van der Waals surface area contributed by atoms with Gasteiger partial charge in [0, 0.05) is 24.0 Å². The van der Waals surface area contributed by atoms with E-state index in [1.807, 2.05) is 23.6 Å². The minimum Gasteiger partial charge on any atom is -0.352 e. The molecule has 0 saturated heterocycles. The van der Waals surface area contributed by atoms with E-state index in [2.05, 4.69) is 10.0 Å². The second-order valence-electron chi connectivity index (χ2n) is 7.65. The lowest BCUT2D eigenvalue weighted by molar-refractivity contribution is 0.0954. The lowest BCUT2D eigenvalue weighted by Crippen LogP contribution is -2.25. The summed E-state index contributed by atoms with van der Waals surface area (Å²) in [6.07, 6.45) is 0.733. The summed E-state index contributed by atoms with van der Waals surface area (Å²) in [7, 11) is -2.35. The molecule has 0 atom stereocenters. The number of hydrogen-bond acceptors (Lipinski definition) is 5. The van der Waals surface area contributed by atoms with Gasteiger partial charge in [-0.2, -0.15) is 0 Å². The Bertz CT molecular complexity index is 1450. The van der Waals surface area contributed by atoms with E-state index in [1.54, 1.807) is 54.3 Å². The Hall–Kier alpha value is -3.63. The number of carbonyl (C=O) groups is 1. The first kappa shape index (κ1) is 23.5. The second kappa shape index (κ2) is 9.70. The summed E-state index contributed by atoms with van der Waals surface area (Å²) in [5, 5.41) is 4.81. The van der Waals surface area contributed by atoms with Crippen molar-refractivity contribution in [1.82, 2.24) is 14.7 Å². The van der Waals surface area contributed by atoms with Gasteiger partial charge in [0.25, 0.3) is 21.5 Å². The van der Waals surface area contributed by atoms with Gasteiger partial charge in [-0.25, -0.2) is 13.1 Å². The fourth-order valence-corrected chi connectivity index (χ4v) is 5.35. The average Bonchev–Trinajstić information content (AvgIpc) is 3.42. The molecule has 0 aliphatic rings. The molecule has 2 heterocycles. The third-order valence-electron chi connectivity index (χ3n) is 5.45. The van der Waals surface area contributed by atoms with Crippen molar-refractivity contribution in [2.75, 3.05) is 11.3 Å². The summed E-state index contributed by atoms with van der Waals surface area (Å²) in [6, 6.07) is 18.5. The molecule has 34 heavy (non-hydrogen) atoms. The molecule has 4 aromatic rings. The molecular formula is C24H24N4O4S2. The number of benzene rings is 2. The molecule has 8 nitrogen and oxygen atoms in total. The van der Waals surface area contributed by atoms with E-state index >= 15 is 0 Å². The van der Waals surface area contributed by atoms with Crippen LogP contribution in [0.25, 0.3) is 5.69 Å². The highest BCUT2D eigenvalue weighted by molar-refractivity contribution is 7.92. The van der Waals surface area contributed by atoms with Gasteiger partial charge in [0.05, 0.1) is 16.3 Å². The van der Waals surface area contributed by atoms with Gasteiger partial charge in [-0.15, -0.1) is 11.3 Å². The quantitative estimate of drug-likeness (QED) is 0.391. The number of hydrogen-bond donors (Lipinski definition) is 2. The number of anilines is 1. The number of nitrogens with one attached hydrogen (secondary N) is 2. The van der Waals surface area contributed by atoms with Crippen LogP contribution in [0.1, 0.15) is 20.9 Å². The molecule has 0 bridgehead atoms. The van der Waals surface area contributed by atoms with E-state index in [4.69, 9.17) is 0 Å². The Morgan fingerprint density at radius 2 is 1.71 bits per heavy atom. The number of amides is 1. The van der Waals surface area contributed by atoms with E-state index in [0.717, 1.165) is 6.42 Å². The summed E-state index contributed by atoms with van der Waals surface area (Å²) < 4.78 is 31.4. The largest absolute Gasteiger partial charge is 0.352 e. The highest BCUT2D eigenvalue weighted by Gasteiger charge is 2.22. The first-order chi connectivity index (χ1) is 16.3. The maximum Gasteiger partial charge on any atom is 0.296 e. The maximum atomic E-state index is 13.0. The first-order valence-corrected chi connectivity index (χ1v) is 12.9. The van der Waals surface area contributed by atoms with Crippen LogP contribution in [0.15, 0.2) is 81.8 Å². The van der Waals surface area contributed by atoms with Crippen LogP contribution in [0.5, 0.6) is 0 Å². The molecule has 0 aliphatic heterocycles. The minimum atomic E-state index is -4.04. The van der Waals surface area contributed by atoms with E-state index < -0.39 is 15.6 Å². The summed E-state index contributed by atoms with van der Waals surface area (Å²) in [5.74, 6) is -0.280. The van der Waals surface area contributed by atoms with Gasteiger partial charge in [-0.3, -0.25) is 19.0 Å². The Morgan fingerprint density at radius 1 is 1.00 bits per heavy atom. The standard InChI is InChI=1S/C24H24N4O4S2/c1-17-22(24(30)28(27(17)2)19-7-4-3-5-8-19)26-34(31,32)21-12-10-18(11-13-21)23(29)25-15-14-20-9-6-16-33-20/h3-13,16,26H,14-15H2,1-2H3,(H,25,29). The van der Waals surface area contributed by atoms with Crippen molar-refractivity contribution in [1.29, 1.82) is 0 Å². The van der Waals surface area contributed by atoms with E-state index in [-0.39, 0.29) is 16.5 Å². The Balaban J connectivity index is 1.50. The van der Waals surface area contributed by atoms with Gasteiger partial charge in [0.2, 0.25) is 0 Å². The van der Waals surface area contributed by atoms with Crippen molar-refractivity contribution in [3.8, 4) is 5.69 Å². The van der Waals surface area contributed by atoms with Crippen molar-refractivity contribution in [3.63, 3.8) is 0 Å². The number of aromatic nitrogens is 2. The molecule has 4 rings (SSSR count). The fraction of sp³-hybridized carbons (Fsp3) is 0.167. The van der Waals surface area contributed by atoms with Crippen LogP contribution in [0, 0.1) is 6.92 Å². The summed E-state index contributed by atoms with van der Waals surface area (Å²) >= 11 is 1.63. The number of rotatable bonds is 8. The van der Waals surface area contributed by atoms with Crippen LogP contribution in [0.3, 0.4) is 0 Å². The Labute approximate surface area is 201 Å². The number of nitrogens with zero attached hydrogens (tertiary/aromatic N) is 2. The third-order valence-corrected chi connectivity index (χ3v) is 7.76. The molecule has 2 N–H and O–H groups in total. The monoisotopic (exact) mass is 496 g/mol. The maximum absolute atomic E-state index is 13.0. The SMILES string of the molecule is Cc1c(NS(=O)(=O)c2ccc(C(=O)NCCc3cccs3)cc2)c(=O)n(-c2ccccc2)n1C. The van der Waals surface area contributed by atoms with Crippen LogP contribution < -0.4 is 15.6 Å². The van der Waals surface area contributed by atoms with Crippen molar-refractivity contribution in [2.24, 2.45) is 7.05 Å². The van der Waals surface area contributed by atoms with Gasteiger partial charge in [0.1, 0.15) is 5.69 Å². The molecule has 0 spiro atoms. The smallest absolute Gasteiger partial charge is 0.296 e. The molecule has 1 amide bonds. The van der Waals surface area contributed by atoms with Gasteiger partial charge < -0.3 is 5.32 Å². The average molecular weight is 497 g/mol. The topological polar surface area (TPSA) is 102 Å². The highest BCUT2D eigenvalue weighted by atomic mass is 32.2. The third kappa shape index (κ3) is 4.82. The van der Waals surface area contributed by atoms with Gasteiger partial charge in [-0.05, 0) is 61.2 Å².